The van der Waals surface area contributed by atoms with E-state index in [1.165, 1.54) is 0 Å². The molecule has 0 saturated carbocycles. The molecular formula is C17H17Cl2O3P. The van der Waals surface area contributed by atoms with Crippen LogP contribution in [0.1, 0.15) is 20.8 Å². The summed E-state index contributed by atoms with van der Waals surface area (Å²) in [6.45, 7) is 5.14. The largest absolute Gasteiger partial charge is 0.404 e. The molecule has 0 saturated heterocycles. The lowest BCUT2D eigenvalue weighted by molar-refractivity contribution is -0.142. The third-order valence-electron chi connectivity index (χ3n) is 3.16. The number of hydrogen-bond acceptors (Lipinski definition) is 3. The first-order valence-corrected chi connectivity index (χ1v) is 9.37. The summed E-state index contributed by atoms with van der Waals surface area (Å²) in [5, 5.41) is 1.83. The maximum atomic E-state index is 13.6. The predicted octanol–water partition coefficient (Wildman–Crippen LogP) is 4.81. The minimum absolute atomic E-state index is 0.404. The van der Waals surface area contributed by atoms with Crippen LogP contribution in [-0.4, -0.2) is 5.97 Å². The summed E-state index contributed by atoms with van der Waals surface area (Å²) in [6.07, 6.45) is 0. The van der Waals surface area contributed by atoms with E-state index in [4.69, 9.17) is 27.7 Å². The van der Waals surface area contributed by atoms with Crippen LogP contribution in [0.4, 0.5) is 0 Å². The van der Waals surface area contributed by atoms with Gasteiger partial charge in [0.1, 0.15) is 0 Å². The number of rotatable bonds is 3. The molecule has 0 amide bonds. The molecule has 3 nitrogen and oxygen atoms in total. The zero-order chi connectivity index (χ0) is 17.3. The Bertz CT molecular complexity index is 697. The minimum atomic E-state index is -3.58. The molecule has 6 heteroatoms. The first-order valence-electron chi connectivity index (χ1n) is 6.99. The smallest absolute Gasteiger partial charge is 0.316 e. The molecule has 0 aromatic heterocycles. The molecule has 0 unspecified atom stereocenters. The average molecular weight is 371 g/mol. The molecule has 0 heterocycles. The maximum absolute atomic E-state index is 13.6. The van der Waals surface area contributed by atoms with Crippen molar-refractivity contribution in [2.75, 3.05) is 0 Å². The standard InChI is InChI=1S/C17H17Cl2O3P/c1-17(2,3)16(20)22-23(21,14-8-4-12(18)5-9-14)15-10-6-13(19)7-11-15/h4-11H,1-3H3. The summed E-state index contributed by atoms with van der Waals surface area (Å²) in [4.78, 5) is 12.3. The van der Waals surface area contributed by atoms with Crippen LogP contribution in [0.15, 0.2) is 48.5 Å². The Morgan fingerprint density at radius 3 is 1.52 bits per heavy atom. The second kappa shape index (κ2) is 6.68. The Balaban J connectivity index is 2.54. The van der Waals surface area contributed by atoms with Crippen molar-refractivity contribution < 1.29 is 13.9 Å². The van der Waals surface area contributed by atoms with Crippen molar-refractivity contribution in [1.29, 1.82) is 0 Å². The monoisotopic (exact) mass is 370 g/mol. The van der Waals surface area contributed by atoms with Gasteiger partial charge in [0.15, 0.2) is 0 Å². The van der Waals surface area contributed by atoms with Crippen molar-refractivity contribution in [3.8, 4) is 0 Å². The average Bonchev–Trinajstić information content (AvgIpc) is 2.47. The van der Waals surface area contributed by atoms with Gasteiger partial charge in [0.25, 0.3) is 0 Å². The zero-order valence-corrected chi connectivity index (χ0v) is 15.5. The van der Waals surface area contributed by atoms with Gasteiger partial charge in [-0.05, 0) is 69.3 Å². The topological polar surface area (TPSA) is 43.4 Å². The van der Waals surface area contributed by atoms with Gasteiger partial charge in [-0.3, -0.25) is 9.36 Å². The molecule has 23 heavy (non-hydrogen) atoms. The van der Waals surface area contributed by atoms with Gasteiger partial charge < -0.3 is 4.52 Å². The molecule has 0 fully saturated rings. The van der Waals surface area contributed by atoms with E-state index in [0.717, 1.165) is 0 Å². The van der Waals surface area contributed by atoms with E-state index in [2.05, 4.69) is 0 Å². The van der Waals surface area contributed by atoms with Crippen LogP contribution in [0.25, 0.3) is 0 Å². The Morgan fingerprint density at radius 2 is 1.22 bits per heavy atom. The number of carbonyl (C=O) groups is 1. The fraction of sp³-hybridized carbons (Fsp3) is 0.235. The Morgan fingerprint density at radius 1 is 0.870 bits per heavy atom. The van der Waals surface area contributed by atoms with E-state index < -0.39 is 18.8 Å². The van der Waals surface area contributed by atoms with E-state index >= 15 is 0 Å². The quantitative estimate of drug-likeness (QED) is 0.728. The van der Waals surface area contributed by atoms with Gasteiger partial charge >= 0.3 is 13.3 Å². The van der Waals surface area contributed by atoms with Crippen molar-refractivity contribution in [1.82, 2.24) is 0 Å². The van der Waals surface area contributed by atoms with E-state index in [1.54, 1.807) is 69.3 Å². The number of benzene rings is 2. The van der Waals surface area contributed by atoms with E-state index in [-0.39, 0.29) is 0 Å². The summed E-state index contributed by atoms with van der Waals surface area (Å²) in [5.74, 6) is -0.536. The second-order valence-corrected chi connectivity index (χ2v) is 9.32. The van der Waals surface area contributed by atoms with Crippen LogP contribution in [-0.2, 0) is 13.9 Å². The molecule has 0 N–H and O–H groups in total. The molecule has 0 aliphatic carbocycles. The SMILES string of the molecule is CC(C)(C)C(=O)OP(=O)(c1ccc(Cl)cc1)c1ccc(Cl)cc1. The van der Waals surface area contributed by atoms with Gasteiger partial charge in [-0.1, -0.05) is 23.2 Å². The third kappa shape index (κ3) is 4.17. The van der Waals surface area contributed by atoms with Crippen LogP contribution < -0.4 is 10.6 Å². The molecule has 0 bridgehead atoms. The van der Waals surface area contributed by atoms with Crippen molar-refractivity contribution in [2.45, 2.75) is 20.8 Å². The van der Waals surface area contributed by atoms with Gasteiger partial charge in [0.2, 0.25) is 0 Å². The van der Waals surface area contributed by atoms with E-state index in [0.29, 0.717) is 20.7 Å². The molecule has 0 aliphatic heterocycles. The van der Waals surface area contributed by atoms with Crippen molar-refractivity contribution >= 4 is 47.1 Å². The van der Waals surface area contributed by atoms with Gasteiger partial charge in [0, 0.05) is 10.0 Å². The van der Waals surface area contributed by atoms with Crippen molar-refractivity contribution in [2.24, 2.45) is 5.41 Å². The normalized spacial score (nSPS) is 12.0. The van der Waals surface area contributed by atoms with Crippen LogP contribution in [0, 0.1) is 5.41 Å². The van der Waals surface area contributed by atoms with Gasteiger partial charge in [0.05, 0.1) is 16.0 Å². The molecule has 0 atom stereocenters. The third-order valence-corrected chi connectivity index (χ3v) is 6.04. The molecule has 2 aromatic rings. The summed E-state index contributed by atoms with van der Waals surface area (Å²) >= 11 is 11.8. The van der Waals surface area contributed by atoms with Gasteiger partial charge in [-0.25, -0.2) is 0 Å². The molecule has 0 aliphatic rings. The first-order chi connectivity index (χ1) is 10.6. The molecule has 0 spiro atoms. The first kappa shape index (κ1) is 18.1. The lowest BCUT2D eigenvalue weighted by Crippen LogP contribution is -2.27. The molecule has 122 valence electrons. The summed E-state index contributed by atoms with van der Waals surface area (Å²) in [7, 11) is -3.58. The van der Waals surface area contributed by atoms with Gasteiger partial charge in [-0.2, -0.15) is 0 Å². The highest BCUT2D eigenvalue weighted by Crippen LogP contribution is 2.46. The highest BCUT2D eigenvalue weighted by atomic mass is 35.5. The summed E-state index contributed by atoms with van der Waals surface area (Å²) in [5.41, 5.74) is -0.769. The molecule has 2 aromatic carbocycles. The molecule has 2 rings (SSSR count). The van der Waals surface area contributed by atoms with Crippen LogP contribution in [0.3, 0.4) is 0 Å². The number of halogens is 2. The van der Waals surface area contributed by atoms with Crippen molar-refractivity contribution in [3.63, 3.8) is 0 Å². The highest BCUT2D eigenvalue weighted by molar-refractivity contribution is 7.74. The minimum Gasteiger partial charge on any atom is -0.404 e. The Kier molecular flexibility index (Phi) is 5.25. The predicted molar refractivity (Wildman–Crippen MR) is 95.3 cm³/mol. The van der Waals surface area contributed by atoms with Crippen LogP contribution in [0.5, 0.6) is 0 Å². The van der Waals surface area contributed by atoms with Crippen molar-refractivity contribution in [3.05, 3.63) is 58.6 Å². The Hall–Kier alpha value is -1.28. The van der Waals surface area contributed by atoms with Crippen LogP contribution >= 0.6 is 30.6 Å². The maximum Gasteiger partial charge on any atom is 0.316 e. The lowest BCUT2D eigenvalue weighted by atomic mass is 9.98. The summed E-state index contributed by atoms with van der Waals surface area (Å²) < 4.78 is 19.1. The number of carbonyl (C=O) groups excluding carboxylic acids is 1. The van der Waals surface area contributed by atoms with E-state index in [9.17, 15) is 9.36 Å². The van der Waals surface area contributed by atoms with E-state index in [1.807, 2.05) is 0 Å². The molecular weight excluding hydrogens is 354 g/mol. The second-order valence-electron chi connectivity index (χ2n) is 6.13. The van der Waals surface area contributed by atoms with Gasteiger partial charge in [-0.15, -0.1) is 0 Å². The van der Waals surface area contributed by atoms with Crippen LogP contribution in [0.2, 0.25) is 10.0 Å². The number of hydrogen-bond donors (Lipinski definition) is 0. The lowest BCUT2D eigenvalue weighted by Gasteiger charge is -2.24. The summed E-state index contributed by atoms with van der Waals surface area (Å²) in [6, 6.07) is 12.9. The fourth-order valence-electron chi connectivity index (χ4n) is 1.78. The fourth-order valence-corrected chi connectivity index (χ4v) is 4.13. The molecule has 0 radical (unpaired) electrons. The Labute approximate surface area is 146 Å². The zero-order valence-electron chi connectivity index (χ0n) is 13.0. The highest BCUT2D eigenvalue weighted by Gasteiger charge is 2.36.